The molecule has 0 radical (unpaired) electrons. The molecule has 0 aliphatic heterocycles. The topological polar surface area (TPSA) is 33.2 Å². The summed E-state index contributed by atoms with van der Waals surface area (Å²) in [6.45, 7) is 1.87. The molecule has 0 saturated carbocycles. The number of nitrogens with zero attached hydrogens (tertiary/aromatic N) is 2. The van der Waals surface area contributed by atoms with E-state index in [1.54, 1.807) is 18.2 Å². The molecule has 0 unspecified atom stereocenters. The molecule has 0 aliphatic carbocycles. The lowest BCUT2D eigenvalue weighted by Gasteiger charge is -2.20. The van der Waals surface area contributed by atoms with Gasteiger partial charge in [0.1, 0.15) is 6.54 Å². The number of alkyl halides is 3. The Labute approximate surface area is 109 Å². The van der Waals surface area contributed by atoms with E-state index in [0.717, 1.165) is 6.08 Å². The lowest BCUT2D eigenvalue weighted by Crippen LogP contribution is -2.38. The maximum Gasteiger partial charge on any atom is 0.406 e. The summed E-state index contributed by atoms with van der Waals surface area (Å²) in [5.41, 5.74) is 0.501. The highest BCUT2D eigenvalue weighted by Gasteiger charge is 2.31. The van der Waals surface area contributed by atoms with Crippen molar-refractivity contribution in [2.24, 2.45) is 0 Å². The van der Waals surface area contributed by atoms with Crippen molar-refractivity contribution in [2.45, 2.75) is 6.18 Å². The van der Waals surface area contributed by atoms with Gasteiger partial charge in [-0.2, -0.15) is 13.2 Å². The van der Waals surface area contributed by atoms with E-state index in [1.165, 1.54) is 18.3 Å². The quantitative estimate of drug-likeness (QED) is 0.609. The Morgan fingerprint density at radius 3 is 2.68 bits per heavy atom. The second-order valence-electron chi connectivity index (χ2n) is 3.71. The number of hydrogen-bond acceptors (Lipinski definition) is 2. The molecule has 1 amide bonds. The fourth-order valence-corrected chi connectivity index (χ4v) is 1.34. The van der Waals surface area contributed by atoms with E-state index >= 15 is 0 Å². The summed E-state index contributed by atoms with van der Waals surface area (Å²) in [4.78, 5) is 16.2. The van der Waals surface area contributed by atoms with Crippen molar-refractivity contribution in [3.8, 4) is 0 Å². The molecular weight excluding hydrogens is 257 g/mol. The van der Waals surface area contributed by atoms with E-state index in [9.17, 15) is 18.0 Å². The standard InChI is InChI=1S/C13H13F3N2O/c1-2-9-18(10-13(14,15)16)12(19)7-6-11-5-3-4-8-17-11/h2-8H,1,9-10H2/b7-6+. The van der Waals surface area contributed by atoms with Crippen LogP contribution in [0, 0.1) is 0 Å². The molecule has 102 valence electrons. The summed E-state index contributed by atoms with van der Waals surface area (Å²) in [5, 5.41) is 0. The van der Waals surface area contributed by atoms with Gasteiger partial charge in [-0.3, -0.25) is 9.78 Å². The average molecular weight is 270 g/mol. The molecule has 0 aromatic carbocycles. The van der Waals surface area contributed by atoms with E-state index in [-0.39, 0.29) is 6.54 Å². The van der Waals surface area contributed by atoms with Gasteiger partial charge in [-0.1, -0.05) is 12.1 Å². The number of rotatable bonds is 5. The molecule has 0 N–H and O–H groups in total. The van der Waals surface area contributed by atoms with E-state index in [0.29, 0.717) is 10.6 Å². The van der Waals surface area contributed by atoms with E-state index in [1.807, 2.05) is 0 Å². The smallest absolute Gasteiger partial charge is 0.326 e. The van der Waals surface area contributed by atoms with Crippen molar-refractivity contribution in [3.63, 3.8) is 0 Å². The van der Waals surface area contributed by atoms with Crippen LogP contribution in [0.15, 0.2) is 43.1 Å². The van der Waals surface area contributed by atoms with Crippen molar-refractivity contribution >= 4 is 12.0 Å². The van der Waals surface area contributed by atoms with Gasteiger partial charge in [0.25, 0.3) is 0 Å². The molecule has 0 aliphatic rings. The average Bonchev–Trinajstić information content (AvgIpc) is 2.35. The van der Waals surface area contributed by atoms with Crippen LogP contribution in [0.25, 0.3) is 6.08 Å². The first kappa shape index (κ1) is 14.9. The zero-order valence-electron chi connectivity index (χ0n) is 10.1. The number of pyridine rings is 1. The zero-order valence-corrected chi connectivity index (χ0v) is 10.1. The predicted octanol–water partition coefficient (Wildman–Crippen LogP) is 2.67. The van der Waals surface area contributed by atoms with E-state index in [2.05, 4.69) is 11.6 Å². The van der Waals surface area contributed by atoms with Gasteiger partial charge in [0.05, 0.1) is 5.69 Å². The Morgan fingerprint density at radius 1 is 1.42 bits per heavy atom. The molecule has 1 rings (SSSR count). The monoisotopic (exact) mass is 270 g/mol. The highest BCUT2D eigenvalue weighted by atomic mass is 19.4. The fourth-order valence-electron chi connectivity index (χ4n) is 1.34. The first-order valence-corrected chi connectivity index (χ1v) is 5.48. The summed E-state index contributed by atoms with van der Waals surface area (Å²) in [5.74, 6) is -0.733. The minimum Gasteiger partial charge on any atom is -0.326 e. The molecule has 1 aromatic rings. The lowest BCUT2D eigenvalue weighted by molar-refractivity contribution is -0.157. The Morgan fingerprint density at radius 2 is 2.16 bits per heavy atom. The molecule has 1 heterocycles. The van der Waals surface area contributed by atoms with Crippen LogP contribution in [0.3, 0.4) is 0 Å². The zero-order chi connectivity index (χ0) is 14.3. The Kier molecular flexibility index (Phi) is 5.29. The molecule has 0 fully saturated rings. The number of halogens is 3. The minimum atomic E-state index is -4.43. The maximum atomic E-state index is 12.3. The van der Waals surface area contributed by atoms with Crippen molar-refractivity contribution in [1.29, 1.82) is 0 Å². The number of amides is 1. The SMILES string of the molecule is C=CCN(CC(F)(F)F)C(=O)/C=C/c1ccccn1. The first-order valence-electron chi connectivity index (χ1n) is 5.48. The molecule has 0 saturated heterocycles. The van der Waals surface area contributed by atoms with Gasteiger partial charge in [-0.25, -0.2) is 0 Å². The molecule has 3 nitrogen and oxygen atoms in total. The van der Waals surface area contributed by atoms with Crippen LogP contribution in [0.5, 0.6) is 0 Å². The van der Waals surface area contributed by atoms with Gasteiger partial charge in [0.2, 0.25) is 5.91 Å². The molecule has 0 bridgehead atoms. The van der Waals surface area contributed by atoms with Crippen LogP contribution in [0.1, 0.15) is 5.69 Å². The van der Waals surface area contributed by atoms with Crippen molar-refractivity contribution < 1.29 is 18.0 Å². The molecule has 6 heteroatoms. The van der Waals surface area contributed by atoms with Gasteiger partial charge < -0.3 is 4.90 Å². The highest BCUT2D eigenvalue weighted by Crippen LogP contribution is 2.16. The number of aromatic nitrogens is 1. The molecular formula is C13H13F3N2O. The van der Waals surface area contributed by atoms with Crippen LogP contribution < -0.4 is 0 Å². The molecule has 19 heavy (non-hydrogen) atoms. The van der Waals surface area contributed by atoms with E-state index in [4.69, 9.17) is 0 Å². The Balaban J connectivity index is 2.72. The number of carbonyl (C=O) groups excluding carboxylic acids is 1. The van der Waals surface area contributed by atoms with Crippen molar-refractivity contribution in [3.05, 3.63) is 48.8 Å². The minimum absolute atomic E-state index is 0.162. The normalized spacial score (nSPS) is 11.5. The molecule has 0 spiro atoms. The van der Waals surface area contributed by atoms with Crippen LogP contribution in [0.4, 0.5) is 13.2 Å². The summed E-state index contributed by atoms with van der Waals surface area (Å²) >= 11 is 0. The molecule has 0 atom stereocenters. The predicted molar refractivity (Wildman–Crippen MR) is 66.1 cm³/mol. The van der Waals surface area contributed by atoms with E-state index < -0.39 is 18.6 Å². The maximum absolute atomic E-state index is 12.3. The fraction of sp³-hybridized carbons (Fsp3) is 0.231. The first-order chi connectivity index (χ1) is 8.92. The third-order valence-corrected chi connectivity index (χ3v) is 2.12. The summed E-state index contributed by atoms with van der Waals surface area (Å²) in [7, 11) is 0. The van der Waals surface area contributed by atoms with Gasteiger partial charge in [0.15, 0.2) is 0 Å². The van der Waals surface area contributed by atoms with Crippen LogP contribution in [0.2, 0.25) is 0 Å². The lowest BCUT2D eigenvalue weighted by atomic mass is 10.3. The Hall–Kier alpha value is -2.11. The van der Waals surface area contributed by atoms with Gasteiger partial charge in [-0.05, 0) is 18.2 Å². The van der Waals surface area contributed by atoms with Gasteiger partial charge in [0, 0.05) is 18.8 Å². The second kappa shape index (κ2) is 6.72. The van der Waals surface area contributed by atoms with Gasteiger partial charge >= 0.3 is 6.18 Å². The van der Waals surface area contributed by atoms with Crippen molar-refractivity contribution in [1.82, 2.24) is 9.88 Å². The molecule has 1 aromatic heterocycles. The Bertz CT molecular complexity index is 455. The number of hydrogen-bond donors (Lipinski definition) is 0. The third kappa shape index (κ3) is 5.85. The number of carbonyl (C=O) groups is 1. The summed E-state index contributed by atoms with van der Waals surface area (Å²) in [6, 6.07) is 5.06. The van der Waals surface area contributed by atoms with Crippen LogP contribution >= 0.6 is 0 Å². The summed E-state index contributed by atoms with van der Waals surface area (Å²) in [6.07, 6.45) is 0.781. The third-order valence-electron chi connectivity index (χ3n) is 2.12. The largest absolute Gasteiger partial charge is 0.406 e. The van der Waals surface area contributed by atoms with Crippen molar-refractivity contribution in [2.75, 3.05) is 13.1 Å². The van der Waals surface area contributed by atoms with Crippen LogP contribution in [-0.4, -0.2) is 35.1 Å². The summed E-state index contributed by atoms with van der Waals surface area (Å²) < 4.78 is 36.9. The second-order valence-corrected chi connectivity index (χ2v) is 3.71. The van der Waals surface area contributed by atoms with Crippen LogP contribution in [-0.2, 0) is 4.79 Å². The highest BCUT2D eigenvalue weighted by molar-refractivity contribution is 5.91. The van der Waals surface area contributed by atoms with Gasteiger partial charge in [-0.15, -0.1) is 6.58 Å².